The quantitative estimate of drug-likeness (QED) is 0.328. The second-order valence-corrected chi connectivity index (χ2v) is 12.9. The van der Waals surface area contributed by atoms with Crippen molar-refractivity contribution in [2.75, 3.05) is 18.0 Å². The van der Waals surface area contributed by atoms with Gasteiger partial charge in [-0.1, -0.05) is 12.1 Å². The lowest BCUT2D eigenvalue weighted by Crippen LogP contribution is -2.49. The molecule has 2 saturated heterocycles. The molecule has 0 N–H and O–H groups in total. The minimum atomic E-state index is -0.905. The molecule has 3 heterocycles. The molecule has 2 bridgehead atoms. The average molecular weight is 587 g/mol. The molecule has 1 aromatic carbocycles. The molecule has 13 heteroatoms. The molecular formula is C29H39FN6O6. The molecular weight excluding hydrogens is 547 g/mol. The predicted molar refractivity (Wildman–Crippen MR) is 153 cm³/mol. The first-order valence-corrected chi connectivity index (χ1v) is 13.9. The molecule has 0 unspecified atom stereocenters. The van der Waals surface area contributed by atoms with Crippen molar-refractivity contribution in [3.05, 3.63) is 56.8 Å². The van der Waals surface area contributed by atoms with Crippen LogP contribution in [0, 0.1) is 29.8 Å². The molecule has 2 aliphatic heterocycles. The van der Waals surface area contributed by atoms with Crippen LogP contribution in [0.2, 0.25) is 0 Å². The van der Waals surface area contributed by atoms with Gasteiger partial charge in [0.2, 0.25) is 5.82 Å². The Balaban J connectivity index is 1.52. The fourth-order valence-corrected chi connectivity index (χ4v) is 5.34. The number of rotatable bonds is 6. The normalized spacial score (nSPS) is 18.7. The number of hydrogen-bond donors (Lipinski definition) is 0. The Kier molecular flexibility index (Phi) is 8.45. The highest BCUT2D eigenvalue weighted by Crippen LogP contribution is 2.34. The van der Waals surface area contributed by atoms with E-state index < -0.39 is 33.7 Å². The summed E-state index contributed by atoms with van der Waals surface area (Å²) < 4.78 is 26.5. The molecule has 2 aromatic rings. The summed E-state index contributed by atoms with van der Waals surface area (Å²) in [5.74, 6) is -0.598. The third-order valence-corrected chi connectivity index (χ3v) is 7.02. The van der Waals surface area contributed by atoms with Crippen LogP contribution in [0.4, 0.5) is 25.5 Å². The van der Waals surface area contributed by atoms with Crippen molar-refractivity contribution in [2.45, 2.75) is 98.2 Å². The SMILES string of the molecule is Cc1nc(C)c([N+](=O)[O-])c(N(Cc2ccc(CN3C[C@@H]4C[C@H]3CN4C(=O)OC(C)(C)C)cc2F)C(=O)OC(C)(C)C)n1. The Morgan fingerprint density at radius 1 is 1.07 bits per heavy atom. The van der Waals surface area contributed by atoms with Crippen molar-refractivity contribution in [1.82, 2.24) is 19.8 Å². The molecule has 228 valence electrons. The van der Waals surface area contributed by atoms with Crippen LogP contribution in [-0.4, -0.2) is 73.3 Å². The van der Waals surface area contributed by atoms with E-state index >= 15 is 4.39 Å². The number of likely N-dealkylation sites (tertiary alicyclic amines) is 2. The number of amides is 2. The second-order valence-electron chi connectivity index (χ2n) is 12.9. The van der Waals surface area contributed by atoms with Gasteiger partial charge < -0.3 is 14.4 Å². The third kappa shape index (κ3) is 7.12. The number of nitro groups is 1. The van der Waals surface area contributed by atoms with Gasteiger partial charge in [-0.3, -0.25) is 19.9 Å². The van der Waals surface area contributed by atoms with Gasteiger partial charge in [-0.05, 0) is 73.4 Å². The minimum absolute atomic E-state index is 0.0481. The van der Waals surface area contributed by atoms with Gasteiger partial charge in [-0.25, -0.2) is 23.9 Å². The van der Waals surface area contributed by atoms with Gasteiger partial charge >= 0.3 is 17.9 Å². The Morgan fingerprint density at radius 3 is 2.29 bits per heavy atom. The number of hydrogen-bond acceptors (Lipinski definition) is 9. The number of piperazine rings is 1. The zero-order valence-corrected chi connectivity index (χ0v) is 25.4. The first-order valence-electron chi connectivity index (χ1n) is 13.9. The molecule has 2 fully saturated rings. The van der Waals surface area contributed by atoms with Crippen molar-refractivity contribution in [1.29, 1.82) is 0 Å². The van der Waals surface area contributed by atoms with Crippen molar-refractivity contribution < 1.29 is 28.4 Å². The number of carbonyl (C=O) groups excluding carboxylic acids is 2. The van der Waals surface area contributed by atoms with Crippen LogP contribution in [0.1, 0.15) is 70.6 Å². The molecule has 2 aliphatic rings. The number of nitrogens with zero attached hydrogens (tertiary/aromatic N) is 6. The van der Waals surface area contributed by atoms with Gasteiger partial charge in [-0.2, -0.15) is 0 Å². The highest BCUT2D eigenvalue weighted by atomic mass is 19.1. The van der Waals surface area contributed by atoms with E-state index in [1.54, 1.807) is 44.7 Å². The molecule has 1 aromatic heterocycles. The Morgan fingerprint density at radius 2 is 1.74 bits per heavy atom. The number of aromatic nitrogens is 2. The molecule has 12 nitrogen and oxygen atoms in total. The van der Waals surface area contributed by atoms with E-state index in [0.717, 1.165) is 16.9 Å². The third-order valence-electron chi connectivity index (χ3n) is 7.02. The summed E-state index contributed by atoms with van der Waals surface area (Å²) in [7, 11) is 0. The maximum atomic E-state index is 15.5. The lowest BCUT2D eigenvalue weighted by molar-refractivity contribution is -0.385. The molecule has 0 spiro atoms. The average Bonchev–Trinajstić information content (AvgIpc) is 3.41. The molecule has 2 atom stereocenters. The van der Waals surface area contributed by atoms with E-state index in [9.17, 15) is 19.7 Å². The fourth-order valence-electron chi connectivity index (χ4n) is 5.34. The summed E-state index contributed by atoms with van der Waals surface area (Å²) >= 11 is 0. The first kappa shape index (κ1) is 31.1. The lowest BCUT2D eigenvalue weighted by atomic mass is 10.1. The molecule has 0 radical (unpaired) electrons. The fraction of sp³-hybridized carbons (Fsp3) is 0.586. The van der Waals surface area contributed by atoms with E-state index in [2.05, 4.69) is 14.9 Å². The Hall–Kier alpha value is -3.87. The highest BCUT2D eigenvalue weighted by molar-refractivity contribution is 5.89. The number of fused-ring (bicyclic) bond motifs is 2. The van der Waals surface area contributed by atoms with Crippen LogP contribution in [0.25, 0.3) is 0 Å². The number of aryl methyl sites for hydroxylation is 2. The number of benzene rings is 1. The summed E-state index contributed by atoms with van der Waals surface area (Å²) in [5, 5.41) is 11.9. The summed E-state index contributed by atoms with van der Waals surface area (Å²) in [6.45, 7) is 14.9. The maximum Gasteiger partial charge on any atom is 0.416 e. The number of anilines is 1. The van der Waals surface area contributed by atoms with Gasteiger partial charge in [-0.15, -0.1) is 0 Å². The molecule has 0 saturated carbocycles. The molecule has 42 heavy (non-hydrogen) atoms. The smallest absolute Gasteiger partial charge is 0.416 e. The van der Waals surface area contributed by atoms with Gasteiger partial charge in [0.25, 0.3) is 0 Å². The van der Waals surface area contributed by atoms with Gasteiger partial charge in [0.1, 0.15) is 28.5 Å². The molecule has 4 rings (SSSR count). The highest BCUT2D eigenvalue weighted by Gasteiger charge is 2.46. The Bertz CT molecular complexity index is 1390. The standard InChI is InChI=1S/C29H39FN6O6/c1-17-24(36(39)40)25(32-18(2)31-17)35(27(38)42-29(6,7)8)14-20-10-9-19(11-23(20)30)13-33-15-22-12-21(33)16-34(22)26(37)41-28(3,4)5/h9-11,21-22H,12-16H2,1-8H3/t21-,22-/m0/s1. The minimum Gasteiger partial charge on any atom is -0.444 e. The van der Waals surface area contributed by atoms with Crippen LogP contribution in [-0.2, 0) is 22.6 Å². The summed E-state index contributed by atoms with van der Waals surface area (Å²) in [6.07, 6.45) is -0.371. The van der Waals surface area contributed by atoms with E-state index in [1.165, 1.54) is 13.0 Å². The van der Waals surface area contributed by atoms with Crippen molar-refractivity contribution in [3.63, 3.8) is 0 Å². The van der Waals surface area contributed by atoms with E-state index in [0.29, 0.717) is 19.6 Å². The monoisotopic (exact) mass is 586 g/mol. The van der Waals surface area contributed by atoms with Crippen molar-refractivity contribution in [3.8, 4) is 0 Å². The predicted octanol–water partition coefficient (Wildman–Crippen LogP) is 5.28. The van der Waals surface area contributed by atoms with E-state index in [-0.39, 0.29) is 47.6 Å². The zero-order chi connectivity index (χ0) is 31.1. The molecule has 2 amide bonds. The van der Waals surface area contributed by atoms with Crippen molar-refractivity contribution in [2.24, 2.45) is 0 Å². The zero-order valence-electron chi connectivity index (χ0n) is 25.4. The maximum absolute atomic E-state index is 15.5. The van der Waals surface area contributed by atoms with Gasteiger partial charge in [0.15, 0.2) is 0 Å². The van der Waals surface area contributed by atoms with Crippen LogP contribution < -0.4 is 4.90 Å². The largest absolute Gasteiger partial charge is 0.444 e. The van der Waals surface area contributed by atoms with Crippen LogP contribution >= 0.6 is 0 Å². The Labute approximate surface area is 244 Å². The van der Waals surface area contributed by atoms with Crippen molar-refractivity contribution >= 4 is 23.7 Å². The number of carbonyl (C=O) groups is 2. The molecule has 0 aliphatic carbocycles. The summed E-state index contributed by atoms with van der Waals surface area (Å²) in [5.41, 5.74) is -0.960. The first-order chi connectivity index (χ1) is 19.4. The number of halogens is 1. The van der Waals surface area contributed by atoms with E-state index in [4.69, 9.17) is 9.47 Å². The van der Waals surface area contributed by atoms with Crippen LogP contribution in [0.15, 0.2) is 18.2 Å². The topological polar surface area (TPSA) is 131 Å². The second kappa shape index (κ2) is 11.4. The van der Waals surface area contributed by atoms with Gasteiger partial charge in [0.05, 0.1) is 11.5 Å². The lowest BCUT2D eigenvalue weighted by Gasteiger charge is -2.35. The summed E-state index contributed by atoms with van der Waals surface area (Å²) in [4.78, 5) is 50.3. The number of ether oxygens (including phenoxy) is 2. The van der Waals surface area contributed by atoms with Crippen LogP contribution in [0.3, 0.4) is 0 Å². The van der Waals surface area contributed by atoms with E-state index in [1.807, 2.05) is 20.8 Å². The van der Waals surface area contributed by atoms with Gasteiger partial charge in [0, 0.05) is 37.3 Å². The summed E-state index contributed by atoms with van der Waals surface area (Å²) in [6, 6.07) is 4.94. The van der Waals surface area contributed by atoms with Crippen LogP contribution in [0.5, 0.6) is 0 Å².